The first-order chi connectivity index (χ1) is 18.6. The van der Waals surface area contributed by atoms with Crippen molar-refractivity contribution in [2.24, 2.45) is 5.92 Å². The van der Waals surface area contributed by atoms with Gasteiger partial charge in [0, 0.05) is 32.9 Å². The molecule has 5 N–H and O–H groups in total. The Hall–Kier alpha value is -4.10. The third-order valence-electron chi connectivity index (χ3n) is 6.84. The van der Waals surface area contributed by atoms with E-state index in [0.29, 0.717) is 19.4 Å². The summed E-state index contributed by atoms with van der Waals surface area (Å²) in [5.74, 6) is -2.84. The van der Waals surface area contributed by atoms with E-state index in [2.05, 4.69) is 33.2 Å². The topological polar surface area (TPSA) is 178 Å². The highest BCUT2D eigenvalue weighted by atomic mass is 16.6. The lowest BCUT2D eigenvalue weighted by atomic mass is 9.94. The van der Waals surface area contributed by atoms with E-state index in [9.17, 15) is 28.8 Å². The minimum atomic E-state index is -1.09. The summed E-state index contributed by atoms with van der Waals surface area (Å²) < 4.78 is 5.15. The molecule has 14 nitrogen and oxygen atoms in total. The van der Waals surface area contributed by atoms with Crippen LogP contribution in [0.2, 0.25) is 0 Å². The van der Waals surface area contributed by atoms with Crippen LogP contribution in [0.15, 0.2) is 24.2 Å². The summed E-state index contributed by atoms with van der Waals surface area (Å²) in [6, 6.07) is -0.925. The number of nitrogens with one attached hydrogen (secondary N) is 5. The molecule has 2 aliphatic heterocycles. The van der Waals surface area contributed by atoms with E-state index in [1.165, 1.54) is 11.1 Å². The minimum Gasteiger partial charge on any atom is -0.434 e. The molecule has 3 aliphatic rings. The number of likely N-dealkylation sites (tertiary alicyclic amines) is 1. The molecule has 214 valence electrons. The van der Waals surface area contributed by atoms with Crippen molar-refractivity contribution >= 4 is 35.6 Å². The van der Waals surface area contributed by atoms with Crippen LogP contribution >= 0.6 is 0 Å². The van der Waals surface area contributed by atoms with Crippen LogP contribution in [0, 0.1) is 5.92 Å². The van der Waals surface area contributed by atoms with E-state index in [1.807, 2.05) is 6.92 Å². The van der Waals surface area contributed by atoms with Crippen LogP contribution in [0.25, 0.3) is 0 Å². The molecule has 6 amide bonds. The molecular formula is C25H37N7O7. The fourth-order valence-corrected chi connectivity index (χ4v) is 4.75. The zero-order chi connectivity index (χ0) is 28.7. The summed E-state index contributed by atoms with van der Waals surface area (Å²) in [4.78, 5) is 77.9. The molecule has 0 bridgehead atoms. The van der Waals surface area contributed by atoms with Gasteiger partial charge < -0.3 is 36.2 Å². The maximum Gasteiger partial charge on any atom is 0.417 e. The molecule has 0 aromatic rings. The van der Waals surface area contributed by atoms with Crippen molar-refractivity contribution in [3.8, 4) is 0 Å². The molecule has 0 aromatic carbocycles. The smallest absolute Gasteiger partial charge is 0.417 e. The number of imide groups is 1. The van der Waals surface area contributed by atoms with Gasteiger partial charge in [-0.05, 0) is 31.6 Å². The Bertz CT molecular complexity index is 1060. The first-order valence-corrected chi connectivity index (χ1v) is 13.1. The number of ether oxygens (including phenoxy) is 1. The zero-order valence-corrected chi connectivity index (χ0v) is 22.5. The lowest BCUT2D eigenvalue weighted by Crippen LogP contribution is -2.52. The van der Waals surface area contributed by atoms with Crippen LogP contribution in [0.5, 0.6) is 0 Å². The van der Waals surface area contributed by atoms with Crippen molar-refractivity contribution in [3.05, 3.63) is 24.2 Å². The van der Waals surface area contributed by atoms with Gasteiger partial charge in [0.25, 0.3) is 17.7 Å². The first kappa shape index (κ1) is 29.5. The van der Waals surface area contributed by atoms with Crippen LogP contribution in [0.4, 0.5) is 4.79 Å². The number of likely N-dealkylation sites (N-methyl/N-ethyl adjacent to an activating group) is 1. The van der Waals surface area contributed by atoms with Crippen molar-refractivity contribution < 1.29 is 33.5 Å². The molecule has 14 heteroatoms. The van der Waals surface area contributed by atoms with Gasteiger partial charge in [-0.1, -0.05) is 19.9 Å². The summed E-state index contributed by atoms with van der Waals surface area (Å²) in [6.07, 6.45) is 3.23. The highest BCUT2D eigenvalue weighted by Crippen LogP contribution is 2.32. The fourth-order valence-electron chi connectivity index (χ4n) is 4.75. The number of rotatable bonds is 13. The van der Waals surface area contributed by atoms with Gasteiger partial charge in [0.05, 0.1) is 18.8 Å². The number of nitrogens with zero attached hydrogens (tertiary/aromatic N) is 2. The predicted octanol–water partition coefficient (Wildman–Crippen LogP) is -1.34. The Morgan fingerprint density at radius 2 is 1.79 bits per heavy atom. The maximum atomic E-state index is 13.2. The quantitative estimate of drug-likeness (QED) is 0.175. The van der Waals surface area contributed by atoms with Gasteiger partial charge >= 0.3 is 6.09 Å². The third kappa shape index (κ3) is 7.06. The molecule has 0 spiro atoms. The Labute approximate surface area is 226 Å². The molecule has 2 saturated heterocycles. The van der Waals surface area contributed by atoms with Gasteiger partial charge in [-0.3, -0.25) is 24.0 Å². The van der Waals surface area contributed by atoms with Crippen molar-refractivity contribution in [2.75, 3.05) is 33.7 Å². The molecule has 0 radical (unpaired) electrons. The number of hydrogen-bond acceptors (Lipinski definition) is 9. The normalized spacial score (nSPS) is 22.7. The number of amides is 6. The molecule has 0 aromatic heterocycles. The summed E-state index contributed by atoms with van der Waals surface area (Å²) in [5.41, 5.74) is -0.0784. The molecule has 2 heterocycles. The van der Waals surface area contributed by atoms with Crippen molar-refractivity contribution in [3.63, 3.8) is 0 Å². The van der Waals surface area contributed by atoms with Crippen LogP contribution in [-0.2, 0) is 28.7 Å². The second-order valence-corrected chi connectivity index (χ2v) is 9.64. The van der Waals surface area contributed by atoms with Gasteiger partial charge in [-0.25, -0.2) is 9.69 Å². The van der Waals surface area contributed by atoms with Crippen LogP contribution in [0.3, 0.4) is 0 Å². The number of hydrogen-bond donors (Lipinski definition) is 5. The fraction of sp³-hybridized carbons (Fsp3) is 0.600. The van der Waals surface area contributed by atoms with Gasteiger partial charge in [0.15, 0.2) is 6.10 Å². The minimum absolute atomic E-state index is 0.104. The standard InChI is InChI=1S/C25H37N7O7/c1-5-6-15-9-10-31(19(33)13-29-21(34)14(2)30-22(35)17(27-4)11-26-3)20(15)23(36)28-12-18-24(37)32(16-7-8-16)25(38)39-18/h11,15-16,18,20,26-27H,2,5-10,12-13H2,1,3-4H3,(H,28,36)(H,29,34)(H,30,35)/b17-11-/t15-,18?,20?/m0/s1. The number of carbonyl (C=O) groups is 6. The molecule has 39 heavy (non-hydrogen) atoms. The van der Waals surface area contributed by atoms with Crippen molar-refractivity contribution in [1.82, 2.24) is 36.4 Å². The van der Waals surface area contributed by atoms with Gasteiger partial charge in [0.1, 0.15) is 11.7 Å². The summed E-state index contributed by atoms with van der Waals surface area (Å²) in [5, 5.41) is 12.8. The summed E-state index contributed by atoms with van der Waals surface area (Å²) in [6.45, 7) is 5.26. The van der Waals surface area contributed by atoms with E-state index >= 15 is 0 Å². The Morgan fingerprint density at radius 3 is 2.41 bits per heavy atom. The molecule has 2 unspecified atom stereocenters. The van der Waals surface area contributed by atoms with E-state index < -0.39 is 54.3 Å². The molecule has 1 saturated carbocycles. The summed E-state index contributed by atoms with van der Waals surface area (Å²) in [7, 11) is 3.15. The highest BCUT2D eigenvalue weighted by Gasteiger charge is 2.48. The van der Waals surface area contributed by atoms with Gasteiger partial charge in [-0.15, -0.1) is 0 Å². The Balaban J connectivity index is 1.55. The molecule has 3 atom stereocenters. The molecule has 3 rings (SSSR count). The lowest BCUT2D eigenvalue weighted by molar-refractivity contribution is -0.140. The van der Waals surface area contributed by atoms with E-state index in [-0.39, 0.29) is 29.9 Å². The molecular weight excluding hydrogens is 510 g/mol. The zero-order valence-electron chi connectivity index (χ0n) is 22.5. The largest absolute Gasteiger partial charge is 0.434 e. The molecule has 1 aliphatic carbocycles. The molecule has 3 fully saturated rings. The van der Waals surface area contributed by atoms with Gasteiger partial charge in [0.2, 0.25) is 11.8 Å². The summed E-state index contributed by atoms with van der Waals surface area (Å²) >= 11 is 0. The average Bonchev–Trinajstić information content (AvgIpc) is 3.58. The van der Waals surface area contributed by atoms with Crippen molar-refractivity contribution in [1.29, 1.82) is 0 Å². The van der Waals surface area contributed by atoms with Crippen LogP contribution in [0.1, 0.15) is 39.0 Å². The predicted molar refractivity (Wildman–Crippen MR) is 138 cm³/mol. The number of cyclic esters (lactones) is 1. The van der Waals surface area contributed by atoms with E-state index in [0.717, 1.165) is 24.2 Å². The average molecular weight is 548 g/mol. The second-order valence-electron chi connectivity index (χ2n) is 9.64. The SMILES string of the molecule is C=C(NC(=O)/C(=C/NC)NC)C(=O)NCC(=O)N1CC[C@H](CCC)C1C(=O)NCC1OC(=O)N(C2CC2)C1=O. The highest BCUT2D eigenvalue weighted by molar-refractivity contribution is 6.03. The second kappa shape index (κ2) is 13.1. The third-order valence-corrected chi connectivity index (χ3v) is 6.84. The van der Waals surface area contributed by atoms with Crippen LogP contribution in [-0.4, -0.2) is 97.3 Å². The number of carbonyl (C=O) groups excluding carboxylic acids is 6. The van der Waals surface area contributed by atoms with E-state index in [4.69, 9.17) is 4.74 Å². The Kier molecular flexibility index (Phi) is 9.90. The first-order valence-electron chi connectivity index (χ1n) is 13.1. The monoisotopic (exact) mass is 547 g/mol. The maximum absolute atomic E-state index is 13.2. The van der Waals surface area contributed by atoms with Crippen LogP contribution < -0.4 is 26.6 Å². The Morgan fingerprint density at radius 1 is 1.08 bits per heavy atom. The van der Waals surface area contributed by atoms with E-state index in [1.54, 1.807) is 14.1 Å². The van der Waals surface area contributed by atoms with Crippen molar-refractivity contribution in [2.45, 2.75) is 57.2 Å². The lowest BCUT2D eigenvalue weighted by Gasteiger charge is -2.28. The van der Waals surface area contributed by atoms with Gasteiger partial charge in [-0.2, -0.15) is 0 Å².